The molecule has 0 aromatic carbocycles. The van der Waals surface area contributed by atoms with Gasteiger partial charge >= 0.3 is 0 Å². The van der Waals surface area contributed by atoms with Crippen LogP contribution in [0.25, 0.3) is 0 Å². The SMILES string of the molecule is COCc1c[c]cnc1C(OC)OC. The van der Waals surface area contributed by atoms with Crippen molar-refractivity contribution in [2.45, 2.75) is 12.9 Å². The van der Waals surface area contributed by atoms with Crippen LogP contribution in [0.4, 0.5) is 0 Å². The first-order chi connectivity index (χ1) is 6.83. The number of hydrogen-bond acceptors (Lipinski definition) is 4. The van der Waals surface area contributed by atoms with Crippen LogP contribution in [-0.2, 0) is 20.8 Å². The molecule has 0 fully saturated rings. The van der Waals surface area contributed by atoms with Gasteiger partial charge in [-0.3, -0.25) is 4.98 Å². The zero-order chi connectivity index (χ0) is 10.4. The van der Waals surface area contributed by atoms with Crippen LogP contribution in [0.3, 0.4) is 0 Å². The molecule has 1 radical (unpaired) electrons. The summed E-state index contributed by atoms with van der Waals surface area (Å²) in [5, 5.41) is 0. The molecule has 0 unspecified atom stereocenters. The minimum atomic E-state index is -0.449. The van der Waals surface area contributed by atoms with E-state index in [0.29, 0.717) is 6.61 Å². The normalized spacial score (nSPS) is 10.9. The fourth-order valence-electron chi connectivity index (χ4n) is 1.20. The number of aromatic nitrogens is 1. The number of methoxy groups -OCH3 is 3. The van der Waals surface area contributed by atoms with Crippen molar-refractivity contribution in [1.29, 1.82) is 0 Å². The predicted octanol–water partition coefficient (Wildman–Crippen LogP) is 1.32. The Balaban J connectivity index is 2.92. The zero-order valence-electron chi connectivity index (χ0n) is 8.61. The predicted molar refractivity (Wildman–Crippen MR) is 50.5 cm³/mol. The molecule has 1 aromatic heterocycles. The first-order valence-corrected chi connectivity index (χ1v) is 4.22. The standard InChI is InChI=1S/C10H14NO3/c1-12-7-8-5-4-6-11-9(8)10(13-2)14-3/h5-6,10H,7H2,1-3H3. The largest absolute Gasteiger partial charge is 0.380 e. The van der Waals surface area contributed by atoms with Crippen LogP contribution in [0, 0.1) is 6.07 Å². The van der Waals surface area contributed by atoms with E-state index >= 15 is 0 Å². The average Bonchev–Trinajstić information content (AvgIpc) is 2.23. The molecule has 1 aromatic rings. The molecule has 0 aliphatic carbocycles. The maximum absolute atomic E-state index is 5.12. The van der Waals surface area contributed by atoms with Gasteiger partial charge < -0.3 is 14.2 Å². The Hall–Kier alpha value is -0.970. The average molecular weight is 196 g/mol. The third-order valence-corrected chi connectivity index (χ3v) is 1.82. The number of pyridine rings is 1. The van der Waals surface area contributed by atoms with Gasteiger partial charge in [-0.25, -0.2) is 0 Å². The van der Waals surface area contributed by atoms with E-state index in [0.717, 1.165) is 11.3 Å². The lowest BCUT2D eigenvalue weighted by atomic mass is 10.2. The molecule has 4 nitrogen and oxygen atoms in total. The van der Waals surface area contributed by atoms with Crippen molar-refractivity contribution in [1.82, 2.24) is 4.98 Å². The van der Waals surface area contributed by atoms with Crippen LogP contribution in [0.15, 0.2) is 12.3 Å². The Bertz CT molecular complexity index is 274. The molecular weight excluding hydrogens is 182 g/mol. The number of rotatable bonds is 5. The summed E-state index contributed by atoms with van der Waals surface area (Å²) in [5.74, 6) is 0. The summed E-state index contributed by atoms with van der Waals surface area (Å²) in [6.45, 7) is 0.475. The summed E-state index contributed by atoms with van der Waals surface area (Å²) in [7, 11) is 4.78. The minimum Gasteiger partial charge on any atom is -0.380 e. The van der Waals surface area contributed by atoms with E-state index in [-0.39, 0.29) is 0 Å². The summed E-state index contributed by atoms with van der Waals surface area (Å²) >= 11 is 0. The van der Waals surface area contributed by atoms with Gasteiger partial charge in [0, 0.05) is 39.2 Å². The molecule has 0 N–H and O–H groups in total. The van der Waals surface area contributed by atoms with Crippen molar-refractivity contribution in [2.24, 2.45) is 0 Å². The third-order valence-electron chi connectivity index (χ3n) is 1.82. The lowest BCUT2D eigenvalue weighted by Crippen LogP contribution is -2.09. The van der Waals surface area contributed by atoms with Crippen molar-refractivity contribution >= 4 is 0 Å². The van der Waals surface area contributed by atoms with Crippen molar-refractivity contribution in [3.05, 3.63) is 29.6 Å². The van der Waals surface area contributed by atoms with Crippen LogP contribution in [0.1, 0.15) is 17.5 Å². The quantitative estimate of drug-likeness (QED) is 0.666. The number of nitrogens with zero attached hydrogens (tertiary/aromatic N) is 1. The molecule has 1 heterocycles. The fourth-order valence-corrected chi connectivity index (χ4v) is 1.20. The Morgan fingerprint density at radius 1 is 1.36 bits per heavy atom. The maximum Gasteiger partial charge on any atom is 0.200 e. The van der Waals surface area contributed by atoms with Gasteiger partial charge in [0.1, 0.15) is 5.69 Å². The number of ether oxygens (including phenoxy) is 3. The first-order valence-electron chi connectivity index (χ1n) is 4.22. The van der Waals surface area contributed by atoms with Crippen molar-refractivity contribution < 1.29 is 14.2 Å². The molecule has 77 valence electrons. The highest BCUT2D eigenvalue weighted by atomic mass is 16.7. The molecule has 0 spiro atoms. The lowest BCUT2D eigenvalue weighted by Gasteiger charge is -2.15. The molecule has 0 aliphatic rings. The third kappa shape index (κ3) is 2.51. The molecular formula is C10H14NO3. The van der Waals surface area contributed by atoms with Crippen molar-refractivity contribution in [3.63, 3.8) is 0 Å². The molecule has 0 amide bonds. The minimum absolute atomic E-state index is 0.449. The Morgan fingerprint density at radius 2 is 2.07 bits per heavy atom. The Labute approximate surface area is 83.8 Å². The molecule has 0 saturated carbocycles. The fraction of sp³-hybridized carbons (Fsp3) is 0.500. The Kier molecular flexibility index (Phi) is 4.52. The molecule has 0 bridgehead atoms. The van der Waals surface area contributed by atoms with Gasteiger partial charge in [-0.15, -0.1) is 0 Å². The van der Waals surface area contributed by atoms with Gasteiger partial charge in [0.2, 0.25) is 6.29 Å². The van der Waals surface area contributed by atoms with Gasteiger partial charge in [-0.05, 0) is 6.07 Å². The van der Waals surface area contributed by atoms with Gasteiger partial charge in [0.15, 0.2) is 0 Å². The second-order valence-electron chi connectivity index (χ2n) is 2.72. The maximum atomic E-state index is 5.12. The van der Waals surface area contributed by atoms with E-state index in [1.165, 1.54) is 0 Å². The molecule has 14 heavy (non-hydrogen) atoms. The summed E-state index contributed by atoms with van der Waals surface area (Å²) < 4.78 is 15.3. The molecule has 4 heteroatoms. The van der Waals surface area contributed by atoms with E-state index in [2.05, 4.69) is 11.1 Å². The molecule has 0 atom stereocenters. The lowest BCUT2D eigenvalue weighted by molar-refractivity contribution is -0.109. The first kappa shape index (κ1) is 11.1. The number of hydrogen-bond donors (Lipinski definition) is 0. The molecule has 0 saturated heterocycles. The smallest absolute Gasteiger partial charge is 0.200 e. The van der Waals surface area contributed by atoms with E-state index in [9.17, 15) is 0 Å². The van der Waals surface area contributed by atoms with Crippen LogP contribution in [0.5, 0.6) is 0 Å². The zero-order valence-corrected chi connectivity index (χ0v) is 8.61. The van der Waals surface area contributed by atoms with Gasteiger partial charge in [-0.1, -0.05) is 0 Å². The summed E-state index contributed by atoms with van der Waals surface area (Å²) in [6, 6.07) is 4.70. The van der Waals surface area contributed by atoms with Crippen molar-refractivity contribution in [2.75, 3.05) is 21.3 Å². The summed E-state index contributed by atoms with van der Waals surface area (Å²) in [5.41, 5.74) is 1.65. The van der Waals surface area contributed by atoms with Crippen LogP contribution < -0.4 is 0 Å². The van der Waals surface area contributed by atoms with Crippen LogP contribution >= 0.6 is 0 Å². The van der Waals surface area contributed by atoms with E-state index in [1.54, 1.807) is 27.5 Å². The van der Waals surface area contributed by atoms with Gasteiger partial charge in [0.05, 0.1) is 6.61 Å². The molecule has 1 rings (SSSR count). The monoisotopic (exact) mass is 196 g/mol. The highest BCUT2D eigenvalue weighted by Crippen LogP contribution is 2.19. The summed E-state index contributed by atoms with van der Waals surface area (Å²) in [4.78, 5) is 4.15. The highest BCUT2D eigenvalue weighted by Gasteiger charge is 2.14. The Morgan fingerprint density at radius 3 is 2.64 bits per heavy atom. The highest BCUT2D eigenvalue weighted by molar-refractivity contribution is 5.19. The van der Waals surface area contributed by atoms with Gasteiger partial charge in [0.25, 0.3) is 0 Å². The van der Waals surface area contributed by atoms with Crippen LogP contribution in [0.2, 0.25) is 0 Å². The van der Waals surface area contributed by atoms with Crippen molar-refractivity contribution in [3.8, 4) is 0 Å². The van der Waals surface area contributed by atoms with E-state index < -0.39 is 6.29 Å². The van der Waals surface area contributed by atoms with Crippen LogP contribution in [-0.4, -0.2) is 26.3 Å². The van der Waals surface area contributed by atoms with E-state index in [4.69, 9.17) is 14.2 Å². The van der Waals surface area contributed by atoms with Gasteiger partial charge in [-0.2, -0.15) is 0 Å². The molecule has 0 aliphatic heterocycles. The van der Waals surface area contributed by atoms with E-state index in [1.807, 2.05) is 6.07 Å². The second-order valence-corrected chi connectivity index (χ2v) is 2.72. The summed E-state index contributed by atoms with van der Waals surface area (Å²) in [6.07, 6.45) is 1.13. The second kappa shape index (κ2) is 5.70. The topological polar surface area (TPSA) is 40.6 Å².